The van der Waals surface area contributed by atoms with Gasteiger partial charge in [-0.3, -0.25) is 4.90 Å². The summed E-state index contributed by atoms with van der Waals surface area (Å²) in [6, 6.07) is 0.934. The molecular weight excluding hydrogens is 309 g/mol. The van der Waals surface area contributed by atoms with Crippen LogP contribution in [0.2, 0.25) is 0 Å². The van der Waals surface area contributed by atoms with Gasteiger partial charge in [0, 0.05) is 25.2 Å². The average Bonchev–Trinajstić information content (AvgIpc) is 2.46. The summed E-state index contributed by atoms with van der Waals surface area (Å²) < 4.78 is 38.1. The Bertz CT molecular complexity index is 544. The van der Waals surface area contributed by atoms with E-state index in [1.165, 1.54) is 32.1 Å². The molecule has 1 aromatic heterocycles. The first kappa shape index (κ1) is 16.2. The molecule has 0 radical (unpaired) electrons. The molecule has 1 aliphatic carbocycles. The van der Waals surface area contributed by atoms with Crippen molar-refractivity contribution >= 4 is 11.9 Å². The molecule has 1 aromatic rings. The molecule has 9 heteroatoms. The fourth-order valence-corrected chi connectivity index (χ4v) is 3.38. The van der Waals surface area contributed by atoms with E-state index in [4.69, 9.17) is 5.73 Å². The fourth-order valence-electron chi connectivity index (χ4n) is 3.38. The molecule has 0 bridgehead atoms. The highest BCUT2D eigenvalue weighted by Gasteiger charge is 2.36. The number of alkyl halides is 3. The molecule has 2 heterocycles. The number of hydrogen-bond donors (Lipinski definition) is 2. The van der Waals surface area contributed by atoms with Crippen LogP contribution in [0.15, 0.2) is 0 Å². The number of rotatable bonds is 4. The topological polar surface area (TPSA) is 80.0 Å². The Labute approximate surface area is 132 Å². The van der Waals surface area contributed by atoms with Crippen LogP contribution in [0, 0.1) is 0 Å². The Morgan fingerprint density at radius 3 is 2.43 bits per heavy atom. The van der Waals surface area contributed by atoms with Crippen molar-refractivity contribution in [3.63, 3.8) is 0 Å². The Kier molecular flexibility index (Phi) is 4.56. The molecular formula is C14H21F3N6. The third-order valence-electron chi connectivity index (χ3n) is 4.64. The van der Waals surface area contributed by atoms with Crippen molar-refractivity contribution < 1.29 is 13.2 Å². The number of anilines is 2. The smallest absolute Gasteiger partial charge is 0.368 e. The molecule has 3 rings (SSSR count). The lowest BCUT2D eigenvalue weighted by Crippen LogP contribution is -2.56. The van der Waals surface area contributed by atoms with Gasteiger partial charge in [0.1, 0.15) is 0 Å². The highest BCUT2D eigenvalue weighted by atomic mass is 19.4. The van der Waals surface area contributed by atoms with Crippen molar-refractivity contribution in [2.75, 3.05) is 24.1 Å². The molecule has 0 aromatic carbocycles. The maximum atomic E-state index is 12.7. The van der Waals surface area contributed by atoms with Gasteiger partial charge in [-0.15, -0.1) is 0 Å². The molecule has 1 atom stereocenters. The Morgan fingerprint density at radius 2 is 1.83 bits per heavy atom. The SMILES string of the molecule is Nc1nc(NCC2CCN2C2CCCCC2)nc(C(F)(F)F)n1. The first-order valence-electron chi connectivity index (χ1n) is 8.02. The van der Waals surface area contributed by atoms with Gasteiger partial charge in [0.25, 0.3) is 0 Å². The predicted octanol–water partition coefficient (Wildman–Crippen LogP) is 2.29. The summed E-state index contributed by atoms with van der Waals surface area (Å²) in [6.45, 7) is 1.58. The number of aromatic nitrogens is 3. The molecule has 1 aliphatic heterocycles. The summed E-state index contributed by atoms with van der Waals surface area (Å²) in [5.41, 5.74) is 5.34. The molecule has 6 nitrogen and oxygen atoms in total. The zero-order valence-electron chi connectivity index (χ0n) is 12.8. The van der Waals surface area contributed by atoms with E-state index in [9.17, 15) is 13.2 Å². The van der Waals surface area contributed by atoms with Gasteiger partial charge in [-0.25, -0.2) is 0 Å². The third kappa shape index (κ3) is 3.82. The Hall–Kier alpha value is -1.64. The van der Waals surface area contributed by atoms with Gasteiger partial charge in [0.2, 0.25) is 17.7 Å². The number of nitrogens with one attached hydrogen (secondary N) is 1. The molecule has 2 fully saturated rings. The maximum absolute atomic E-state index is 12.7. The number of nitrogens with zero attached hydrogens (tertiary/aromatic N) is 4. The number of likely N-dealkylation sites (tertiary alicyclic amines) is 1. The number of hydrogen-bond acceptors (Lipinski definition) is 6. The summed E-state index contributed by atoms with van der Waals surface area (Å²) in [4.78, 5) is 12.7. The predicted molar refractivity (Wildman–Crippen MR) is 79.7 cm³/mol. The molecule has 1 saturated carbocycles. The van der Waals surface area contributed by atoms with Crippen LogP contribution < -0.4 is 11.1 Å². The van der Waals surface area contributed by atoms with Gasteiger partial charge < -0.3 is 11.1 Å². The molecule has 1 unspecified atom stereocenters. The van der Waals surface area contributed by atoms with E-state index in [2.05, 4.69) is 25.2 Å². The minimum absolute atomic E-state index is 0.111. The molecule has 128 valence electrons. The van der Waals surface area contributed by atoms with Crippen molar-refractivity contribution in [3.05, 3.63) is 5.82 Å². The molecule has 23 heavy (non-hydrogen) atoms. The van der Waals surface area contributed by atoms with Crippen LogP contribution in [0.3, 0.4) is 0 Å². The van der Waals surface area contributed by atoms with E-state index >= 15 is 0 Å². The summed E-state index contributed by atoms with van der Waals surface area (Å²) >= 11 is 0. The van der Waals surface area contributed by atoms with Gasteiger partial charge in [-0.05, 0) is 19.3 Å². The monoisotopic (exact) mass is 330 g/mol. The average molecular weight is 330 g/mol. The Balaban J connectivity index is 1.59. The standard InChI is InChI=1S/C14H21F3N6/c15-14(16,17)11-20-12(18)22-13(21-11)19-8-10-6-7-23(10)9-4-2-1-3-5-9/h9-10H,1-8H2,(H3,18,19,20,21,22). The summed E-state index contributed by atoms with van der Waals surface area (Å²) in [6.07, 6.45) is 2.67. The normalized spacial score (nSPS) is 23.5. The molecule has 2 aliphatic rings. The summed E-state index contributed by atoms with van der Waals surface area (Å²) in [5.74, 6) is -1.79. The zero-order valence-corrected chi connectivity index (χ0v) is 12.8. The van der Waals surface area contributed by atoms with Gasteiger partial charge in [0.15, 0.2) is 0 Å². The van der Waals surface area contributed by atoms with Gasteiger partial charge in [-0.1, -0.05) is 19.3 Å². The van der Waals surface area contributed by atoms with Gasteiger partial charge in [-0.2, -0.15) is 28.1 Å². The van der Waals surface area contributed by atoms with Crippen LogP contribution in [0.4, 0.5) is 25.1 Å². The first-order valence-corrected chi connectivity index (χ1v) is 8.02. The van der Waals surface area contributed by atoms with Crippen LogP contribution >= 0.6 is 0 Å². The van der Waals surface area contributed by atoms with Crippen molar-refractivity contribution in [1.82, 2.24) is 19.9 Å². The second-order valence-electron chi connectivity index (χ2n) is 6.19. The lowest BCUT2D eigenvalue weighted by atomic mass is 9.89. The van der Waals surface area contributed by atoms with E-state index in [0.29, 0.717) is 18.6 Å². The van der Waals surface area contributed by atoms with Crippen LogP contribution in [-0.4, -0.2) is 45.0 Å². The maximum Gasteiger partial charge on any atom is 0.451 e. The van der Waals surface area contributed by atoms with Crippen molar-refractivity contribution in [1.29, 1.82) is 0 Å². The molecule has 0 spiro atoms. The van der Waals surface area contributed by atoms with Crippen molar-refractivity contribution in [2.24, 2.45) is 0 Å². The zero-order chi connectivity index (χ0) is 16.4. The van der Waals surface area contributed by atoms with Crippen molar-refractivity contribution in [3.8, 4) is 0 Å². The van der Waals surface area contributed by atoms with E-state index in [1.54, 1.807) is 0 Å². The second-order valence-corrected chi connectivity index (χ2v) is 6.19. The van der Waals surface area contributed by atoms with Crippen LogP contribution in [0.25, 0.3) is 0 Å². The number of halogens is 3. The Morgan fingerprint density at radius 1 is 1.09 bits per heavy atom. The van der Waals surface area contributed by atoms with E-state index in [-0.39, 0.29) is 5.95 Å². The van der Waals surface area contributed by atoms with E-state index in [0.717, 1.165) is 13.0 Å². The summed E-state index contributed by atoms with van der Waals surface area (Å²) in [7, 11) is 0. The molecule has 0 amide bonds. The van der Waals surface area contributed by atoms with Gasteiger partial charge >= 0.3 is 6.18 Å². The van der Waals surface area contributed by atoms with Gasteiger partial charge in [0.05, 0.1) is 0 Å². The quantitative estimate of drug-likeness (QED) is 0.882. The largest absolute Gasteiger partial charge is 0.451 e. The fraction of sp³-hybridized carbons (Fsp3) is 0.786. The lowest BCUT2D eigenvalue weighted by Gasteiger charge is -2.47. The minimum atomic E-state index is -4.63. The highest BCUT2D eigenvalue weighted by Crippen LogP contribution is 2.30. The number of nitrogen functional groups attached to an aromatic ring is 1. The molecule has 3 N–H and O–H groups in total. The summed E-state index contributed by atoms with van der Waals surface area (Å²) in [5, 5.41) is 2.89. The van der Waals surface area contributed by atoms with Crippen molar-refractivity contribution in [2.45, 2.75) is 56.8 Å². The van der Waals surface area contributed by atoms with Crippen LogP contribution in [0.1, 0.15) is 44.3 Å². The van der Waals surface area contributed by atoms with E-state index < -0.39 is 17.9 Å². The second kappa shape index (κ2) is 6.46. The van der Waals surface area contributed by atoms with Crippen LogP contribution in [0.5, 0.6) is 0 Å². The minimum Gasteiger partial charge on any atom is -0.368 e. The van der Waals surface area contributed by atoms with Crippen LogP contribution in [-0.2, 0) is 6.18 Å². The number of nitrogens with two attached hydrogens (primary N) is 1. The lowest BCUT2D eigenvalue weighted by molar-refractivity contribution is -0.144. The highest BCUT2D eigenvalue weighted by molar-refractivity contribution is 5.32. The first-order chi connectivity index (χ1) is 10.9. The third-order valence-corrected chi connectivity index (χ3v) is 4.64. The van der Waals surface area contributed by atoms with E-state index in [1.807, 2.05) is 0 Å². The molecule has 1 saturated heterocycles.